The van der Waals surface area contributed by atoms with Crippen LogP contribution in [0.15, 0.2) is 52.5 Å². The van der Waals surface area contributed by atoms with Crippen LogP contribution in [0.2, 0.25) is 0 Å². The number of aromatic nitrogens is 3. The van der Waals surface area contributed by atoms with Gasteiger partial charge in [0.15, 0.2) is 5.78 Å². The summed E-state index contributed by atoms with van der Waals surface area (Å²) in [6.07, 6.45) is 9.78. The molecule has 0 unspecified atom stereocenters. The number of rotatable bonds is 8. The van der Waals surface area contributed by atoms with Crippen LogP contribution in [0.5, 0.6) is 0 Å². The first kappa shape index (κ1) is 29.6. The first-order valence-corrected chi connectivity index (χ1v) is 15.8. The molecule has 226 valence electrons. The maximum Gasteiger partial charge on any atom is 0.247 e. The highest BCUT2D eigenvalue weighted by molar-refractivity contribution is 6.41. The van der Waals surface area contributed by atoms with Gasteiger partial charge in [-0.25, -0.2) is 4.99 Å². The van der Waals surface area contributed by atoms with E-state index in [1.54, 1.807) is 12.3 Å². The predicted octanol–water partition coefficient (Wildman–Crippen LogP) is 5.20. The van der Waals surface area contributed by atoms with Crippen LogP contribution in [-0.4, -0.2) is 62.2 Å². The zero-order valence-corrected chi connectivity index (χ0v) is 25.6. The number of likely N-dealkylation sites (tertiary alicyclic amines) is 1. The lowest BCUT2D eigenvalue weighted by Gasteiger charge is -2.34. The molecule has 6 rings (SSSR count). The van der Waals surface area contributed by atoms with Crippen LogP contribution in [-0.2, 0) is 24.1 Å². The molecule has 8 nitrogen and oxygen atoms in total. The Hall–Kier alpha value is -3.49. The summed E-state index contributed by atoms with van der Waals surface area (Å²) in [5, 5.41) is 9.93. The summed E-state index contributed by atoms with van der Waals surface area (Å²) in [5.41, 5.74) is 7.64. The Kier molecular flexibility index (Phi) is 8.42. The van der Waals surface area contributed by atoms with Crippen molar-refractivity contribution in [3.63, 3.8) is 0 Å². The molecule has 2 aliphatic heterocycles. The number of hydrogen-bond acceptors (Lipinski definition) is 7. The molecule has 3 aromatic rings. The number of fused-ring (bicyclic) bond motifs is 2. The molecule has 1 fully saturated rings. The maximum atomic E-state index is 13.8. The Morgan fingerprint density at radius 2 is 1.93 bits per heavy atom. The van der Waals surface area contributed by atoms with Crippen molar-refractivity contribution in [2.24, 2.45) is 16.3 Å². The molecule has 5 heterocycles. The van der Waals surface area contributed by atoms with Crippen LogP contribution >= 0.6 is 0 Å². The summed E-state index contributed by atoms with van der Waals surface area (Å²) in [5.74, 6) is 0.698. The fraction of sp³-hybridized carbons (Fsp3) is 0.514. The van der Waals surface area contributed by atoms with Gasteiger partial charge in [0.05, 0.1) is 28.9 Å². The van der Waals surface area contributed by atoms with Crippen molar-refractivity contribution >= 4 is 17.2 Å². The molecule has 1 aliphatic carbocycles. The quantitative estimate of drug-likeness (QED) is 0.378. The maximum absolute atomic E-state index is 13.8. The average Bonchev–Trinajstić information content (AvgIpc) is 3.41. The molecule has 43 heavy (non-hydrogen) atoms. The van der Waals surface area contributed by atoms with Gasteiger partial charge in [-0.1, -0.05) is 26.8 Å². The Morgan fingerprint density at radius 1 is 1.12 bits per heavy atom. The van der Waals surface area contributed by atoms with E-state index in [2.05, 4.69) is 47.8 Å². The minimum Gasteiger partial charge on any atom is -0.393 e. The van der Waals surface area contributed by atoms with Crippen LogP contribution in [0.3, 0.4) is 0 Å². The van der Waals surface area contributed by atoms with Gasteiger partial charge in [0.25, 0.3) is 0 Å². The molecule has 0 radical (unpaired) electrons. The smallest absolute Gasteiger partial charge is 0.247 e. The van der Waals surface area contributed by atoms with Crippen molar-refractivity contribution < 1.29 is 9.90 Å². The number of nitrogens with zero attached hydrogens (tertiary/aromatic N) is 4. The number of piperidine rings is 1. The van der Waals surface area contributed by atoms with E-state index < -0.39 is 0 Å². The number of ketones is 1. The normalized spacial score (nSPS) is 19.9. The number of H-pyrrole nitrogens is 1. The van der Waals surface area contributed by atoms with Crippen LogP contribution < -0.4 is 5.56 Å². The first-order valence-electron chi connectivity index (χ1n) is 15.8. The highest BCUT2D eigenvalue weighted by atomic mass is 16.3. The van der Waals surface area contributed by atoms with Crippen LogP contribution in [0.25, 0.3) is 11.3 Å². The molecule has 0 saturated carbocycles. The van der Waals surface area contributed by atoms with Crippen molar-refractivity contribution in [2.45, 2.75) is 84.2 Å². The van der Waals surface area contributed by atoms with E-state index in [1.165, 1.54) is 17.3 Å². The molecule has 8 heteroatoms. The van der Waals surface area contributed by atoms with E-state index in [9.17, 15) is 14.7 Å². The second kappa shape index (κ2) is 12.2. The molecule has 0 bridgehead atoms. The lowest BCUT2D eigenvalue weighted by atomic mass is 9.71. The fourth-order valence-corrected chi connectivity index (χ4v) is 6.76. The summed E-state index contributed by atoms with van der Waals surface area (Å²) in [7, 11) is 0. The number of aliphatic hydroxyl groups is 1. The molecule has 3 aliphatic rings. The number of nitrogens with one attached hydrogen (secondary N) is 1. The summed E-state index contributed by atoms with van der Waals surface area (Å²) in [6.45, 7) is 9.56. The van der Waals surface area contributed by atoms with E-state index >= 15 is 0 Å². The number of aliphatic hydroxyl groups excluding tert-OH is 1. The summed E-state index contributed by atoms with van der Waals surface area (Å²) in [6, 6.07) is 9.46. The average molecular weight is 582 g/mol. The summed E-state index contributed by atoms with van der Waals surface area (Å²) < 4.78 is 0. The molecule has 0 spiro atoms. The zero-order valence-electron chi connectivity index (χ0n) is 25.6. The largest absolute Gasteiger partial charge is 0.393 e. The van der Waals surface area contributed by atoms with Crippen LogP contribution in [0.1, 0.15) is 81.3 Å². The molecule has 3 aromatic heterocycles. The predicted molar refractivity (Wildman–Crippen MR) is 169 cm³/mol. The molecular weight excluding hydrogens is 538 g/mol. The molecule has 2 N–H and O–H groups in total. The Labute approximate surface area is 253 Å². The van der Waals surface area contributed by atoms with Gasteiger partial charge in [-0.05, 0) is 91.6 Å². The third-order valence-electron chi connectivity index (χ3n) is 9.70. The number of aryl methyl sites for hydroxylation is 1. The van der Waals surface area contributed by atoms with E-state index in [0.29, 0.717) is 24.5 Å². The number of Topliss-reactive ketones (excluding diaryl/α,β-unsaturated/α-hetero) is 1. The van der Waals surface area contributed by atoms with Gasteiger partial charge < -0.3 is 15.0 Å². The molecule has 0 amide bonds. The van der Waals surface area contributed by atoms with Gasteiger partial charge >= 0.3 is 0 Å². The first-order chi connectivity index (χ1) is 20.6. The van der Waals surface area contributed by atoms with E-state index in [0.717, 1.165) is 86.4 Å². The van der Waals surface area contributed by atoms with Gasteiger partial charge in [-0.2, -0.15) is 0 Å². The Morgan fingerprint density at radius 3 is 2.63 bits per heavy atom. The lowest BCUT2D eigenvalue weighted by Crippen LogP contribution is -2.37. The number of aromatic amines is 1. The lowest BCUT2D eigenvalue weighted by molar-refractivity contribution is -0.113. The van der Waals surface area contributed by atoms with Crippen molar-refractivity contribution in [2.75, 3.05) is 19.6 Å². The third kappa shape index (κ3) is 6.86. The minimum absolute atomic E-state index is 0.00315. The van der Waals surface area contributed by atoms with Crippen molar-refractivity contribution in [3.05, 3.63) is 75.6 Å². The molecule has 0 aromatic carbocycles. The molecule has 2 atom stereocenters. The highest BCUT2D eigenvalue weighted by Crippen LogP contribution is 2.39. The zero-order chi connectivity index (χ0) is 30.1. The second-order valence-corrected chi connectivity index (χ2v) is 13.7. The number of carbonyl (C=O) groups excluding carboxylic acids is 1. The third-order valence-corrected chi connectivity index (χ3v) is 9.70. The number of hydrogen-bond donors (Lipinski definition) is 2. The standard InChI is InChI=1S/C35H43N5O3/c1-35(2,3)26-6-8-29-25(16-26)17-30-31(38-29)19-32(39-30)33(42)18-22(10-13-40-14-11-27(41)12-15-40)23-4-7-28(36-20-23)24-5-9-34(43)37-21-24/h4-5,7,9,17,20-22,26-27,41H,6,8,10-16,18-19H2,1-3H3,(H,37,43)/t22-,26-/m0/s1. The molecular formula is C35H43N5O3. The second-order valence-electron chi connectivity index (χ2n) is 13.7. The van der Waals surface area contributed by atoms with Crippen LogP contribution in [0.4, 0.5) is 5.69 Å². The number of aliphatic imine (C=N–C) groups is 1. The van der Waals surface area contributed by atoms with Gasteiger partial charge in [0.1, 0.15) is 0 Å². The van der Waals surface area contributed by atoms with Gasteiger partial charge in [-0.3, -0.25) is 19.6 Å². The Bertz CT molecular complexity index is 1540. The van der Waals surface area contributed by atoms with Crippen LogP contribution in [0, 0.1) is 11.3 Å². The van der Waals surface area contributed by atoms with Crippen molar-refractivity contribution in [3.8, 4) is 11.3 Å². The van der Waals surface area contributed by atoms with E-state index in [1.807, 2.05) is 12.3 Å². The number of pyridine rings is 3. The topological polar surface area (TPSA) is 112 Å². The monoisotopic (exact) mass is 581 g/mol. The Balaban J connectivity index is 1.18. The van der Waals surface area contributed by atoms with E-state index in [-0.39, 0.29) is 28.8 Å². The van der Waals surface area contributed by atoms with Crippen molar-refractivity contribution in [1.82, 2.24) is 19.9 Å². The van der Waals surface area contributed by atoms with Gasteiger partial charge in [0, 0.05) is 55.6 Å². The SMILES string of the molecule is CC(C)(C)[C@H]1CCc2nc3c(cc2C1)N=C(C(=O)C[C@H](CCN1CCC(O)CC1)c1ccc(-c2ccc(=O)[nH]c2)nc1)C3. The summed E-state index contributed by atoms with van der Waals surface area (Å²) >= 11 is 0. The summed E-state index contributed by atoms with van der Waals surface area (Å²) in [4.78, 5) is 44.8. The van der Waals surface area contributed by atoms with Gasteiger partial charge in [-0.15, -0.1) is 0 Å². The highest BCUT2D eigenvalue weighted by Gasteiger charge is 2.32. The minimum atomic E-state index is -0.209. The fourth-order valence-electron chi connectivity index (χ4n) is 6.76. The molecule has 1 saturated heterocycles. The van der Waals surface area contributed by atoms with Crippen molar-refractivity contribution in [1.29, 1.82) is 0 Å². The van der Waals surface area contributed by atoms with Gasteiger partial charge in [0.2, 0.25) is 5.56 Å². The number of carbonyl (C=O) groups is 1. The van der Waals surface area contributed by atoms with E-state index in [4.69, 9.17) is 9.98 Å².